The minimum Gasteiger partial charge on any atom is -0.493 e. The van der Waals surface area contributed by atoms with Crippen molar-refractivity contribution in [2.24, 2.45) is 0 Å². The van der Waals surface area contributed by atoms with Crippen LogP contribution in [0.5, 0.6) is 11.5 Å². The molecule has 0 aromatic heterocycles. The molecule has 7 heteroatoms. The summed E-state index contributed by atoms with van der Waals surface area (Å²) in [6.45, 7) is 1.90. The van der Waals surface area contributed by atoms with Gasteiger partial charge in [-0.25, -0.2) is 4.90 Å². The highest BCUT2D eigenvalue weighted by Crippen LogP contribution is 2.38. The monoisotopic (exact) mass is 448 g/mol. The Morgan fingerprint density at radius 2 is 1.56 bits per heavy atom. The molecule has 0 unspecified atom stereocenters. The lowest BCUT2D eigenvalue weighted by Crippen LogP contribution is -2.32. The molecule has 1 aliphatic rings. The van der Waals surface area contributed by atoms with Crippen LogP contribution >= 0.6 is 11.6 Å². The number of halogens is 1. The predicted octanol–water partition coefficient (Wildman–Crippen LogP) is 5.06. The summed E-state index contributed by atoms with van der Waals surface area (Å²) < 4.78 is 10.6. The van der Waals surface area contributed by atoms with E-state index in [1.807, 2.05) is 31.2 Å². The molecule has 0 saturated carbocycles. The van der Waals surface area contributed by atoms with Crippen LogP contribution in [0.3, 0.4) is 0 Å². The van der Waals surface area contributed by atoms with Crippen LogP contribution in [-0.4, -0.2) is 26.0 Å². The molecule has 0 radical (unpaired) electrons. The van der Waals surface area contributed by atoms with Gasteiger partial charge in [0.1, 0.15) is 5.70 Å². The Kier molecular flexibility index (Phi) is 5.88. The number of imide groups is 1. The van der Waals surface area contributed by atoms with Gasteiger partial charge in [-0.2, -0.15) is 0 Å². The zero-order valence-electron chi connectivity index (χ0n) is 17.8. The molecular weight excluding hydrogens is 428 g/mol. The summed E-state index contributed by atoms with van der Waals surface area (Å²) in [5.41, 5.74) is 3.02. The SMILES string of the molecule is COc1ccc(N2C(=O)C(Nc3cc(Cl)ccc3C)=C(c3ccccc3)C2=O)cc1OC. The van der Waals surface area contributed by atoms with Crippen LogP contribution in [0.2, 0.25) is 5.02 Å². The van der Waals surface area contributed by atoms with E-state index in [2.05, 4.69) is 5.32 Å². The van der Waals surface area contributed by atoms with E-state index in [9.17, 15) is 9.59 Å². The molecule has 0 spiro atoms. The molecule has 4 rings (SSSR count). The number of nitrogens with zero attached hydrogens (tertiary/aromatic N) is 1. The molecule has 6 nitrogen and oxygen atoms in total. The van der Waals surface area contributed by atoms with Gasteiger partial charge < -0.3 is 14.8 Å². The first-order valence-corrected chi connectivity index (χ1v) is 10.3. The molecule has 32 heavy (non-hydrogen) atoms. The maximum atomic E-state index is 13.5. The van der Waals surface area contributed by atoms with Gasteiger partial charge in [0.25, 0.3) is 11.8 Å². The van der Waals surface area contributed by atoms with Crippen molar-refractivity contribution < 1.29 is 19.1 Å². The number of methoxy groups -OCH3 is 2. The largest absolute Gasteiger partial charge is 0.493 e. The molecule has 0 aliphatic carbocycles. The number of nitrogens with one attached hydrogen (secondary N) is 1. The van der Waals surface area contributed by atoms with Gasteiger partial charge in [0.2, 0.25) is 0 Å². The van der Waals surface area contributed by atoms with E-state index in [-0.39, 0.29) is 11.3 Å². The van der Waals surface area contributed by atoms with E-state index in [1.54, 1.807) is 42.5 Å². The van der Waals surface area contributed by atoms with Gasteiger partial charge in [-0.1, -0.05) is 48.0 Å². The van der Waals surface area contributed by atoms with Crippen LogP contribution in [0.25, 0.3) is 5.57 Å². The number of amides is 2. The molecule has 0 fully saturated rings. The standard InChI is InChI=1S/C25H21ClN2O4/c1-15-9-10-17(26)13-19(15)27-23-22(16-7-5-4-6-8-16)24(29)28(25(23)30)18-11-12-20(31-2)21(14-18)32-3/h4-14,27H,1-3H3. The summed E-state index contributed by atoms with van der Waals surface area (Å²) in [7, 11) is 3.02. The smallest absolute Gasteiger partial charge is 0.282 e. The van der Waals surface area contributed by atoms with Crippen molar-refractivity contribution in [2.45, 2.75) is 6.92 Å². The van der Waals surface area contributed by atoms with Crippen molar-refractivity contribution in [1.29, 1.82) is 0 Å². The lowest BCUT2D eigenvalue weighted by atomic mass is 10.0. The summed E-state index contributed by atoms with van der Waals surface area (Å²) in [6.07, 6.45) is 0. The zero-order valence-corrected chi connectivity index (χ0v) is 18.6. The minimum atomic E-state index is -0.472. The number of aryl methyl sites for hydroxylation is 1. The fourth-order valence-electron chi connectivity index (χ4n) is 3.58. The zero-order chi connectivity index (χ0) is 22.8. The summed E-state index contributed by atoms with van der Waals surface area (Å²) in [4.78, 5) is 28.2. The molecule has 1 aliphatic heterocycles. The van der Waals surface area contributed by atoms with Crippen molar-refractivity contribution >= 4 is 40.4 Å². The van der Waals surface area contributed by atoms with E-state index in [4.69, 9.17) is 21.1 Å². The molecule has 0 atom stereocenters. The quantitative estimate of drug-likeness (QED) is 0.534. The van der Waals surface area contributed by atoms with Gasteiger partial charge in [-0.05, 0) is 42.3 Å². The van der Waals surface area contributed by atoms with Crippen LogP contribution < -0.4 is 19.7 Å². The number of hydrogen-bond donors (Lipinski definition) is 1. The number of anilines is 2. The van der Waals surface area contributed by atoms with Gasteiger partial charge >= 0.3 is 0 Å². The highest BCUT2D eigenvalue weighted by molar-refractivity contribution is 6.46. The Morgan fingerprint density at radius 1 is 0.844 bits per heavy atom. The fourth-order valence-corrected chi connectivity index (χ4v) is 3.75. The molecule has 162 valence electrons. The average molecular weight is 449 g/mol. The van der Waals surface area contributed by atoms with Gasteiger partial charge in [0.15, 0.2) is 11.5 Å². The highest BCUT2D eigenvalue weighted by atomic mass is 35.5. The first-order valence-electron chi connectivity index (χ1n) is 9.88. The molecule has 2 amide bonds. The first kappa shape index (κ1) is 21.5. The summed E-state index contributed by atoms with van der Waals surface area (Å²) in [5, 5.41) is 3.68. The summed E-state index contributed by atoms with van der Waals surface area (Å²) in [6, 6.07) is 19.3. The normalized spacial score (nSPS) is 13.6. The topological polar surface area (TPSA) is 67.9 Å². The number of carbonyl (C=O) groups is 2. The van der Waals surface area contributed by atoms with Gasteiger partial charge in [0, 0.05) is 16.8 Å². The van der Waals surface area contributed by atoms with Crippen molar-refractivity contribution in [1.82, 2.24) is 0 Å². The molecule has 0 saturated heterocycles. The van der Waals surface area contributed by atoms with Crippen molar-refractivity contribution in [3.63, 3.8) is 0 Å². The lowest BCUT2D eigenvalue weighted by Gasteiger charge is -2.17. The Bertz CT molecular complexity index is 1240. The van der Waals surface area contributed by atoms with Crippen LogP contribution in [0.4, 0.5) is 11.4 Å². The second kappa shape index (κ2) is 8.77. The predicted molar refractivity (Wildman–Crippen MR) is 125 cm³/mol. The van der Waals surface area contributed by atoms with E-state index in [0.29, 0.717) is 33.5 Å². The molecule has 1 heterocycles. The van der Waals surface area contributed by atoms with Gasteiger partial charge in [-0.15, -0.1) is 0 Å². The summed E-state index contributed by atoms with van der Waals surface area (Å²) in [5.74, 6) is 0.00879. The van der Waals surface area contributed by atoms with Gasteiger partial charge in [0.05, 0.1) is 25.5 Å². The molecule has 1 N–H and O–H groups in total. The van der Waals surface area contributed by atoms with Crippen LogP contribution in [-0.2, 0) is 9.59 Å². The molecular formula is C25H21ClN2O4. The summed E-state index contributed by atoms with van der Waals surface area (Å²) >= 11 is 6.16. The van der Waals surface area contributed by atoms with Crippen molar-refractivity contribution in [3.8, 4) is 11.5 Å². The van der Waals surface area contributed by atoms with E-state index in [1.165, 1.54) is 14.2 Å². The third kappa shape index (κ3) is 3.81. The molecule has 0 bridgehead atoms. The Labute approximate surface area is 191 Å². The first-order chi connectivity index (χ1) is 15.4. The lowest BCUT2D eigenvalue weighted by molar-refractivity contribution is -0.120. The highest BCUT2D eigenvalue weighted by Gasteiger charge is 2.40. The van der Waals surface area contributed by atoms with Crippen molar-refractivity contribution in [3.05, 3.63) is 88.6 Å². The third-order valence-electron chi connectivity index (χ3n) is 5.23. The number of rotatable bonds is 6. The van der Waals surface area contributed by atoms with E-state index in [0.717, 1.165) is 10.5 Å². The number of carbonyl (C=O) groups excluding carboxylic acids is 2. The molecule has 3 aromatic rings. The Morgan fingerprint density at radius 3 is 2.25 bits per heavy atom. The Hall–Kier alpha value is -3.77. The van der Waals surface area contributed by atoms with E-state index >= 15 is 0 Å². The number of benzene rings is 3. The third-order valence-corrected chi connectivity index (χ3v) is 5.47. The fraction of sp³-hybridized carbons (Fsp3) is 0.120. The van der Waals surface area contributed by atoms with Crippen LogP contribution in [0, 0.1) is 6.92 Å². The van der Waals surface area contributed by atoms with Gasteiger partial charge in [-0.3, -0.25) is 9.59 Å². The second-order valence-electron chi connectivity index (χ2n) is 7.19. The van der Waals surface area contributed by atoms with E-state index < -0.39 is 11.8 Å². The maximum absolute atomic E-state index is 13.5. The maximum Gasteiger partial charge on any atom is 0.282 e. The molecule has 3 aromatic carbocycles. The Balaban J connectivity index is 1.83. The van der Waals surface area contributed by atoms with Crippen LogP contribution in [0.15, 0.2) is 72.4 Å². The van der Waals surface area contributed by atoms with Crippen molar-refractivity contribution in [2.75, 3.05) is 24.4 Å². The number of ether oxygens (including phenoxy) is 2. The number of hydrogen-bond acceptors (Lipinski definition) is 5. The minimum absolute atomic E-state index is 0.182. The average Bonchev–Trinajstić information content (AvgIpc) is 3.05. The van der Waals surface area contributed by atoms with Crippen LogP contribution in [0.1, 0.15) is 11.1 Å². The second-order valence-corrected chi connectivity index (χ2v) is 7.62.